The number of hydrogen-bond acceptors (Lipinski definition) is 6. The first-order chi connectivity index (χ1) is 12.8. The Labute approximate surface area is 151 Å². The molecule has 0 N–H and O–H groups in total. The molecule has 2 aromatic heterocycles. The average molecular weight is 349 g/mol. The molecule has 26 heavy (non-hydrogen) atoms. The van der Waals surface area contributed by atoms with E-state index in [2.05, 4.69) is 20.1 Å². The summed E-state index contributed by atoms with van der Waals surface area (Å²) < 4.78 is 5.23. The fraction of sp³-hybridized carbons (Fsp3) is 0.316. The van der Waals surface area contributed by atoms with Crippen molar-refractivity contribution in [2.75, 3.05) is 0 Å². The maximum atomic E-state index is 12.7. The van der Waals surface area contributed by atoms with Gasteiger partial charge in [0.15, 0.2) is 0 Å². The van der Waals surface area contributed by atoms with Crippen LogP contribution in [0.5, 0.6) is 0 Å². The van der Waals surface area contributed by atoms with E-state index >= 15 is 0 Å². The molecule has 1 amide bonds. The van der Waals surface area contributed by atoms with Gasteiger partial charge in [0.2, 0.25) is 23.4 Å². The van der Waals surface area contributed by atoms with E-state index in [0.717, 1.165) is 18.4 Å². The summed E-state index contributed by atoms with van der Waals surface area (Å²) in [6, 6.07) is 12.2. The van der Waals surface area contributed by atoms with Crippen LogP contribution in [0.4, 0.5) is 0 Å². The first-order valence-corrected chi connectivity index (χ1v) is 8.73. The van der Waals surface area contributed by atoms with E-state index in [4.69, 9.17) is 4.52 Å². The minimum absolute atomic E-state index is 0.118. The Morgan fingerprint density at radius 2 is 1.85 bits per heavy atom. The lowest BCUT2D eigenvalue weighted by Gasteiger charge is -2.22. The molecule has 2 heterocycles. The Kier molecular flexibility index (Phi) is 4.68. The second kappa shape index (κ2) is 7.43. The van der Waals surface area contributed by atoms with Gasteiger partial charge < -0.3 is 9.42 Å². The Morgan fingerprint density at radius 3 is 2.58 bits per heavy atom. The average Bonchev–Trinajstić information content (AvgIpc) is 3.42. The highest BCUT2D eigenvalue weighted by Crippen LogP contribution is 2.29. The van der Waals surface area contributed by atoms with Crippen LogP contribution in [0.1, 0.15) is 30.7 Å². The highest BCUT2D eigenvalue weighted by molar-refractivity contribution is 5.77. The van der Waals surface area contributed by atoms with Gasteiger partial charge in [0, 0.05) is 37.8 Å². The van der Waals surface area contributed by atoms with E-state index in [1.54, 1.807) is 18.5 Å². The minimum atomic E-state index is 0.118. The summed E-state index contributed by atoms with van der Waals surface area (Å²) in [5, 5.41) is 3.89. The van der Waals surface area contributed by atoms with Crippen LogP contribution < -0.4 is 0 Å². The molecule has 0 atom stereocenters. The summed E-state index contributed by atoms with van der Waals surface area (Å²) >= 11 is 0. The smallest absolute Gasteiger partial charge is 0.240 e. The topological polar surface area (TPSA) is 85.0 Å². The zero-order chi connectivity index (χ0) is 17.8. The molecule has 7 nitrogen and oxygen atoms in total. The van der Waals surface area contributed by atoms with E-state index in [1.165, 1.54) is 0 Å². The van der Waals surface area contributed by atoms with E-state index in [9.17, 15) is 4.79 Å². The van der Waals surface area contributed by atoms with Gasteiger partial charge >= 0.3 is 0 Å². The maximum Gasteiger partial charge on any atom is 0.240 e. The summed E-state index contributed by atoms with van der Waals surface area (Å²) in [6.45, 7) is 0.650. The van der Waals surface area contributed by atoms with Gasteiger partial charge in [0.25, 0.3) is 0 Å². The van der Waals surface area contributed by atoms with Crippen LogP contribution in [-0.2, 0) is 17.8 Å². The van der Waals surface area contributed by atoms with E-state index in [-0.39, 0.29) is 5.91 Å². The zero-order valence-electron chi connectivity index (χ0n) is 14.3. The summed E-state index contributed by atoms with van der Waals surface area (Å²) in [5.41, 5.74) is 1.15. The second-order valence-corrected chi connectivity index (χ2v) is 6.32. The molecular weight excluding hydrogens is 330 g/mol. The molecule has 1 aliphatic rings. The van der Waals surface area contributed by atoms with Crippen LogP contribution in [0, 0.1) is 0 Å². The zero-order valence-corrected chi connectivity index (χ0v) is 14.3. The van der Waals surface area contributed by atoms with Gasteiger partial charge in [-0.15, -0.1) is 0 Å². The highest BCUT2D eigenvalue weighted by Gasteiger charge is 2.32. The fourth-order valence-corrected chi connectivity index (χ4v) is 2.81. The first kappa shape index (κ1) is 16.4. The molecule has 4 rings (SSSR count). The predicted octanol–water partition coefficient (Wildman–Crippen LogP) is 2.65. The monoisotopic (exact) mass is 349 g/mol. The first-order valence-electron chi connectivity index (χ1n) is 8.73. The van der Waals surface area contributed by atoms with Crippen LogP contribution in [0.3, 0.4) is 0 Å². The lowest BCUT2D eigenvalue weighted by molar-refractivity contribution is -0.132. The number of aromatic nitrogens is 4. The molecular formula is C19H19N5O2. The SMILES string of the molecule is O=C(CCc1nc(-c2ncccn2)no1)N(Cc1ccccc1)C1CC1. The molecule has 1 aliphatic carbocycles. The summed E-state index contributed by atoms with van der Waals surface area (Å²) in [6.07, 6.45) is 6.17. The number of benzene rings is 1. The molecule has 7 heteroatoms. The van der Waals surface area contributed by atoms with Crippen molar-refractivity contribution in [1.82, 2.24) is 25.0 Å². The molecule has 1 saturated carbocycles. The summed E-state index contributed by atoms with van der Waals surface area (Å²) in [4.78, 5) is 27.1. The Balaban J connectivity index is 1.37. The second-order valence-electron chi connectivity index (χ2n) is 6.32. The molecule has 0 aliphatic heterocycles. The number of amides is 1. The number of nitrogens with zero attached hydrogens (tertiary/aromatic N) is 5. The van der Waals surface area contributed by atoms with Crippen LogP contribution >= 0.6 is 0 Å². The molecule has 0 radical (unpaired) electrons. The molecule has 0 spiro atoms. The summed E-state index contributed by atoms with van der Waals surface area (Å²) in [5.74, 6) is 1.30. The molecule has 3 aromatic rings. The number of carbonyl (C=O) groups is 1. The number of rotatable bonds is 7. The molecule has 0 unspecified atom stereocenters. The minimum Gasteiger partial charge on any atom is -0.339 e. The summed E-state index contributed by atoms with van der Waals surface area (Å²) in [7, 11) is 0. The van der Waals surface area contributed by atoms with Crippen LogP contribution in [0.15, 0.2) is 53.3 Å². The fourth-order valence-electron chi connectivity index (χ4n) is 2.81. The number of hydrogen-bond donors (Lipinski definition) is 0. The number of carbonyl (C=O) groups excluding carboxylic acids is 1. The molecule has 0 saturated heterocycles. The standard InChI is InChI=1S/C19H19N5O2/c25-17(24(15-7-8-15)13-14-5-2-1-3-6-14)10-9-16-22-19(23-26-16)18-20-11-4-12-21-18/h1-6,11-12,15H,7-10,13H2. The van der Waals surface area contributed by atoms with Crippen LogP contribution in [0.25, 0.3) is 11.6 Å². The van der Waals surface area contributed by atoms with Gasteiger partial charge in [-0.2, -0.15) is 4.98 Å². The Bertz CT molecular complexity index is 862. The lowest BCUT2D eigenvalue weighted by Crippen LogP contribution is -2.32. The van der Waals surface area contributed by atoms with Gasteiger partial charge in [-0.3, -0.25) is 4.79 Å². The third-order valence-electron chi connectivity index (χ3n) is 4.29. The van der Waals surface area contributed by atoms with E-state index in [1.807, 2.05) is 35.2 Å². The maximum absolute atomic E-state index is 12.7. The normalized spacial score (nSPS) is 13.5. The largest absolute Gasteiger partial charge is 0.339 e. The van der Waals surface area contributed by atoms with Gasteiger partial charge in [-0.25, -0.2) is 9.97 Å². The van der Waals surface area contributed by atoms with Crippen LogP contribution in [-0.4, -0.2) is 37.0 Å². The van der Waals surface area contributed by atoms with Crippen LogP contribution in [0.2, 0.25) is 0 Å². The third-order valence-corrected chi connectivity index (χ3v) is 4.29. The van der Waals surface area contributed by atoms with E-state index in [0.29, 0.717) is 43.0 Å². The van der Waals surface area contributed by atoms with Crippen molar-refractivity contribution in [1.29, 1.82) is 0 Å². The van der Waals surface area contributed by atoms with E-state index < -0.39 is 0 Å². The van der Waals surface area contributed by atoms with Crippen molar-refractivity contribution >= 4 is 5.91 Å². The molecule has 1 aromatic carbocycles. The van der Waals surface area contributed by atoms with Crippen molar-refractivity contribution in [3.63, 3.8) is 0 Å². The quantitative estimate of drug-likeness (QED) is 0.652. The van der Waals surface area contributed by atoms with Gasteiger partial charge in [0.1, 0.15) is 0 Å². The lowest BCUT2D eigenvalue weighted by atomic mass is 10.2. The highest BCUT2D eigenvalue weighted by atomic mass is 16.5. The number of aryl methyl sites for hydroxylation is 1. The van der Waals surface area contributed by atoms with Crippen molar-refractivity contribution in [2.45, 2.75) is 38.3 Å². The van der Waals surface area contributed by atoms with Gasteiger partial charge in [-0.05, 0) is 24.5 Å². The molecule has 132 valence electrons. The predicted molar refractivity (Wildman–Crippen MR) is 93.7 cm³/mol. The van der Waals surface area contributed by atoms with Crippen molar-refractivity contribution in [3.8, 4) is 11.6 Å². The van der Waals surface area contributed by atoms with Gasteiger partial charge in [-0.1, -0.05) is 35.5 Å². The molecule has 0 bridgehead atoms. The van der Waals surface area contributed by atoms with Crippen molar-refractivity contribution in [2.24, 2.45) is 0 Å². The molecule has 1 fully saturated rings. The Hall–Kier alpha value is -3.09. The van der Waals surface area contributed by atoms with Crippen molar-refractivity contribution < 1.29 is 9.32 Å². The van der Waals surface area contributed by atoms with Gasteiger partial charge in [0.05, 0.1) is 0 Å². The third kappa shape index (κ3) is 3.93. The Morgan fingerprint density at radius 1 is 1.08 bits per heavy atom. The van der Waals surface area contributed by atoms with Crippen molar-refractivity contribution in [3.05, 3.63) is 60.2 Å².